The van der Waals surface area contributed by atoms with Gasteiger partial charge in [0, 0.05) is 23.2 Å². The zero-order chi connectivity index (χ0) is 16.2. The first-order valence-electron chi connectivity index (χ1n) is 7.65. The van der Waals surface area contributed by atoms with Gasteiger partial charge in [-0.05, 0) is 18.9 Å². The Labute approximate surface area is 143 Å². The van der Waals surface area contributed by atoms with Gasteiger partial charge < -0.3 is 5.32 Å². The van der Waals surface area contributed by atoms with Crippen LogP contribution in [0, 0.1) is 0 Å². The monoisotopic (exact) mass is 351 g/mol. The fourth-order valence-electron chi connectivity index (χ4n) is 2.62. The summed E-state index contributed by atoms with van der Waals surface area (Å²) in [7, 11) is 0. The fraction of sp³-hybridized carbons (Fsp3) is 0.375. The summed E-state index contributed by atoms with van der Waals surface area (Å²) in [6, 6.07) is 7.59. The van der Waals surface area contributed by atoms with Gasteiger partial charge >= 0.3 is 0 Å². The highest BCUT2D eigenvalue weighted by molar-refractivity contribution is 7.21. The van der Waals surface area contributed by atoms with E-state index in [1.807, 2.05) is 29.3 Å². The molecule has 2 N–H and O–H groups in total. The maximum Gasteiger partial charge on any atom is 0.263 e. The minimum Gasteiger partial charge on any atom is -0.342 e. The van der Waals surface area contributed by atoms with Crippen LogP contribution in [0.1, 0.15) is 28.9 Å². The van der Waals surface area contributed by atoms with Gasteiger partial charge in [0.05, 0.1) is 11.6 Å². The van der Waals surface area contributed by atoms with Crippen LogP contribution in [0.25, 0.3) is 10.1 Å². The van der Waals surface area contributed by atoms with Crippen LogP contribution in [0.4, 0.5) is 0 Å². The lowest BCUT2D eigenvalue weighted by Crippen LogP contribution is -2.48. The van der Waals surface area contributed by atoms with Crippen molar-refractivity contribution in [1.29, 1.82) is 0 Å². The lowest BCUT2D eigenvalue weighted by atomic mass is 10.2. The van der Waals surface area contributed by atoms with E-state index in [1.54, 1.807) is 0 Å². The number of carbonyl (C=O) groups is 2. The average Bonchev–Trinajstić information content (AvgIpc) is 2.91. The highest BCUT2D eigenvalue weighted by Crippen LogP contribution is 2.34. The van der Waals surface area contributed by atoms with Gasteiger partial charge in [0.2, 0.25) is 0 Å². The molecule has 122 valence electrons. The van der Waals surface area contributed by atoms with E-state index < -0.39 is 0 Å². The molecular formula is C16H18ClN3O2S. The third kappa shape index (κ3) is 3.83. The van der Waals surface area contributed by atoms with Crippen molar-refractivity contribution in [2.24, 2.45) is 0 Å². The Bertz CT molecular complexity index is 725. The molecule has 1 aliphatic rings. The lowest BCUT2D eigenvalue weighted by Gasteiger charge is -2.26. The van der Waals surface area contributed by atoms with E-state index in [9.17, 15) is 9.59 Å². The molecule has 0 atom stereocenters. The van der Waals surface area contributed by atoms with Crippen LogP contribution in [0.15, 0.2) is 24.3 Å². The predicted octanol–water partition coefficient (Wildman–Crippen LogP) is 2.80. The molecule has 0 saturated carbocycles. The van der Waals surface area contributed by atoms with E-state index in [0.29, 0.717) is 9.90 Å². The number of rotatable bonds is 4. The van der Waals surface area contributed by atoms with Gasteiger partial charge in [-0.1, -0.05) is 36.2 Å². The van der Waals surface area contributed by atoms with Crippen molar-refractivity contribution in [3.05, 3.63) is 34.2 Å². The number of nitrogens with one attached hydrogen (secondary N) is 2. The number of halogens is 1. The number of benzene rings is 1. The average molecular weight is 352 g/mol. The molecule has 0 unspecified atom stereocenters. The summed E-state index contributed by atoms with van der Waals surface area (Å²) in [6.07, 6.45) is 3.38. The van der Waals surface area contributed by atoms with Crippen molar-refractivity contribution >= 4 is 44.8 Å². The van der Waals surface area contributed by atoms with Crippen LogP contribution in [0.3, 0.4) is 0 Å². The topological polar surface area (TPSA) is 61.4 Å². The Morgan fingerprint density at radius 1 is 1.17 bits per heavy atom. The molecule has 1 saturated heterocycles. The third-order valence-electron chi connectivity index (χ3n) is 3.79. The number of hydrazine groups is 1. The van der Waals surface area contributed by atoms with Gasteiger partial charge in [-0.3, -0.25) is 15.0 Å². The first-order valence-corrected chi connectivity index (χ1v) is 8.84. The fourth-order valence-corrected chi connectivity index (χ4v) is 4.06. The van der Waals surface area contributed by atoms with Gasteiger partial charge in [0.15, 0.2) is 0 Å². The zero-order valence-corrected chi connectivity index (χ0v) is 14.2. The van der Waals surface area contributed by atoms with E-state index in [0.717, 1.165) is 36.0 Å². The van der Waals surface area contributed by atoms with Crippen LogP contribution >= 0.6 is 22.9 Å². The lowest BCUT2D eigenvalue weighted by molar-refractivity contribution is -0.125. The molecule has 1 aromatic carbocycles. The quantitative estimate of drug-likeness (QED) is 0.890. The van der Waals surface area contributed by atoms with E-state index >= 15 is 0 Å². The first-order chi connectivity index (χ1) is 11.1. The van der Waals surface area contributed by atoms with Crippen LogP contribution in [0.5, 0.6) is 0 Å². The third-order valence-corrected chi connectivity index (χ3v) is 5.46. The molecule has 3 rings (SSSR count). The Morgan fingerprint density at radius 2 is 1.91 bits per heavy atom. The molecule has 2 aromatic rings. The van der Waals surface area contributed by atoms with E-state index in [4.69, 9.17) is 11.6 Å². The Balaban J connectivity index is 1.57. The predicted molar refractivity (Wildman–Crippen MR) is 92.7 cm³/mol. The number of nitrogens with zero attached hydrogens (tertiary/aromatic N) is 1. The van der Waals surface area contributed by atoms with Gasteiger partial charge in [-0.15, -0.1) is 11.3 Å². The smallest absolute Gasteiger partial charge is 0.263 e. The molecule has 5 nitrogen and oxygen atoms in total. The summed E-state index contributed by atoms with van der Waals surface area (Å²) >= 11 is 7.60. The van der Waals surface area contributed by atoms with Crippen molar-refractivity contribution < 1.29 is 9.59 Å². The summed E-state index contributed by atoms with van der Waals surface area (Å²) in [5.41, 5.74) is 2.82. The zero-order valence-electron chi connectivity index (χ0n) is 12.6. The maximum atomic E-state index is 12.3. The number of piperidine rings is 1. The summed E-state index contributed by atoms with van der Waals surface area (Å²) in [5.74, 6) is -0.525. The normalized spacial score (nSPS) is 15.5. The van der Waals surface area contributed by atoms with Gasteiger partial charge in [0.1, 0.15) is 4.88 Å². The highest BCUT2D eigenvalue weighted by atomic mass is 35.5. The molecule has 2 amide bonds. The Morgan fingerprint density at radius 3 is 2.65 bits per heavy atom. The number of hydrogen-bond acceptors (Lipinski definition) is 4. The van der Waals surface area contributed by atoms with Crippen molar-refractivity contribution in [2.75, 3.05) is 19.6 Å². The summed E-state index contributed by atoms with van der Waals surface area (Å²) in [6.45, 7) is 1.67. The van der Waals surface area contributed by atoms with Crippen LogP contribution in [0.2, 0.25) is 5.02 Å². The maximum absolute atomic E-state index is 12.3. The second-order valence-electron chi connectivity index (χ2n) is 5.51. The second kappa shape index (κ2) is 7.29. The highest BCUT2D eigenvalue weighted by Gasteiger charge is 2.18. The Kier molecular flexibility index (Phi) is 5.15. The number of thiophene rings is 1. The van der Waals surface area contributed by atoms with Crippen molar-refractivity contribution in [3.8, 4) is 0 Å². The molecule has 1 aromatic heterocycles. The van der Waals surface area contributed by atoms with E-state index in [-0.39, 0.29) is 18.4 Å². The summed E-state index contributed by atoms with van der Waals surface area (Å²) < 4.78 is 0.959. The van der Waals surface area contributed by atoms with Crippen LogP contribution < -0.4 is 10.7 Å². The second-order valence-corrected chi connectivity index (χ2v) is 6.94. The molecule has 1 fully saturated rings. The SMILES string of the molecule is O=C(CNC(=O)c1sc2ccccc2c1Cl)NN1CCCCC1. The van der Waals surface area contributed by atoms with Crippen molar-refractivity contribution in [2.45, 2.75) is 19.3 Å². The Hall–Kier alpha value is -1.63. The molecule has 0 bridgehead atoms. The summed E-state index contributed by atoms with van der Waals surface area (Å²) in [4.78, 5) is 24.6. The van der Waals surface area contributed by atoms with E-state index in [1.165, 1.54) is 17.8 Å². The number of amides is 2. The van der Waals surface area contributed by atoms with Gasteiger partial charge in [-0.25, -0.2) is 5.01 Å². The van der Waals surface area contributed by atoms with Gasteiger partial charge in [0.25, 0.3) is 11.8 Å². The summed E-state index contributed by atoms with van der Waals surface area (Å²) in [5, 5.41) is 5.85. The minimum absolute atomic E-state index is 0.0556. The van der Waals surface area contributed by atoms with Gasteiger partial charge in [-0.2, -0.15) is 0 Å². The number of hydrogen-bond donors (Lipinski definition) is 2. The van der Waals surface area contributed by atoms with Crippen molar-refractivity contribution in [1.82, 2.24) is 15.8 Å². The van der Waals surface area contributed by atoms with Crippen molar-refractivity contribution in [3.63, 3.8) is 0 Å². The molecule has 0 spiro atoms. The minimum atomic E-state index is -0.315. The number of carbonyl (C=O) groups excluding carboxylic acids is 2. The van der Waals surface area contributed by atoms with Crippen LogP contribution in [-0.4, -0.2) is 36.5 Å². The van der Waals surface area contributed by atoms with E-state index in [2.05, 4.69) is 10.7 Å². The molecule has 1 aliphatic heterocycles. The number of fused-ring (bicyclic) bond motifs is 1. The molecule has 0 radical (unpaired) electrons. The molecule has 2 heterocycles. The molecule has 0 aliphatic carbocycles. The molecule has 23 heavy (non-hydrogen) atoms. The standard InChI is InChI=1S/C16H18ClN3O2S/c17-14-11-6-2-3-7-12(11)23-15(14)16(22)18-10-13(21)19-20-8-4-1-5-9-20/h2-3,6-7H,1,4-5,8-10H2,(H,18,22)(H,19,21). The largest absolute Gasteiger partial charge is 0.342 e. The molecule has 7 heteroatoms. The van der Waals surface area contributed by atoms with Crippen LogP contribution in [-0.2, 0) is 4.79 Å². The first kappa shape index (κ1) is 16.2. The molecular weight excluding hydrogens is 334 g/mol.